The van der Waals surface area contributed by atoms with E-state index in [1.54, 1.807) is 11.1 Å². The van der Waals surface area contributed by atoms with Crippen LogP contribution in [0.2, 0.25) is 0 Å². The topological polar surface area (TPSA) is 83.6 Å². The van der Waals surface area contributed by atoms with Gasteiger partial charge in [0.15, 0.2) is 0 Å². The lowest BCUT2D eigenvalue weighted by atomic mass is 10.2. The molecule has 0 spiro atoms. The highest BCUT2D eigenvalue weighted by molar-refractivity contribution is 5.81. The Kier molecular flexibility index (Phi) is 5.40. The molecule has 1 aromatic rings. The summed E-state index contributed by atoms with van der Waals surface area (Å²) in [5, 5.41) is 5.66. The molecule has 2 fully saturated rings. The SMILES string of the molecule is CC(C)N1CC(NC(=O)NCc2ccc(OCC3CC3)nc2)CC1=O. The number of rotatable bonds is 7. The van der Waals surface area contributed by atoms with Gasteiger partial charge in [-0.05, 0) is 38.2 Å². The summed E-state index contributed by atoms with van der Waals surface area (Å²) >= 11 is 0. The lowest BCUT2D eigenvalue weighted by Gasteiger charge is -2.21. The minimum atomic E-state index is -0.266. The van der Waals surface area contributed by atoms with Crippen molar-refractivity contribution in [2.75, 3.05) is 13.2 Å². The number of hydrogen-bond donors (Lipinski definition) is 2. The summed E-state index contributed by atoms with van der Waals surface area (Å²) in [5.74, 6) is 1.41. The van der Waals surface area contributed by atoms with E-state index >= 15 is 0 Å². The molecule has 1 aliphatic carbocycles. The van der Waals surface area contributed by atoms with Crippen LogP contribution >= 0.6 is 0 Å². The Morgan fingerprint density at radius 2 is 2.20 bits per heavy atom. The van der Waals surface area contributed by atoms with Crippen molar-refractivity contribution in [2.45, 2.75) is 51.7 Å². The van der Waals surface area contributed by atoms with E-state index in [0.717, 1.165) is 12.2 Å². The van der Waals surface area contributed by atoms with Gasteiger partial charge in [0, 0.05) is 37.8 Å². The maximum atomic E-state index is 12.0. The van der Waals surface area contributed by atoms with Gasteiger partial charge in [-0.3, -0.25) is 4.79 Å². The van der Waals surface area contributed by atoms with Crippen LogP contribution in [0.3, 0.4) is 0 Å². The molecule has 0 aromatic carbocycles. The normalized spacial score (nSPS) is 20.0. The second-order valence-electron chi connectivity index (χ2n) is 7.13. The quantitative estimate of drug-likeness (QED) is 0.787. The van der Waals surface area contributed by atoms with Gasteiger partial charge in [0.25, 0.3) is 0 Å². The summed E-state index contributed by atoms with van der Waals surface area (Å²) in [6, 6.07) is 3.49. The number of likely N-dealkylation sites (tertiary alicyclic amines) is 1. The van der Waals surface area contributed by atoms with Gasteiger partial charge in [0.1, 0.15) is 0 Å². The van der Waals surface area contributed by atoms with Crippen LogP contribution in [0.4, 0.5) is 4.79 Å². The number of ether oxygens (including phenoxy) is 1. The summed E-state index contributed by atoms with van der Waals surface area (Å²) in [7, 11) is 0. The highest BCUT2D eigenvalue weighted by Crippen LogP contribution is 2.29. The Labute approximate surface area is 148 Å². The number of amides is 3. The first-order chi connectivity index (χ1) is 12.0. The molecule has 1 saturated heterocycles. The lowest BCUT2D eigenvalue weighted by Crippen LogP contribution is -2.43. The number of carbonyl (C=O) groups excluding carboxylic acids is 2. The van der Waals surface area contributed by atoms with Crippen LogP contribution < -0.4 is 15.4 Å². The van der Waals surface area contributed by atoms with Gasteiger partial charge in [0.2, 0.25) is 11.8 Å². The Hall–Kier alpha value is -2.31. The Bertz CT molecular complexity index is 613. The monoisotopic (exact) mass is 346 g/mol. The van der Waals surface area contributed by atoms with Gasteiger partial charge < -0.3 is 20.3 Å². The molecule has 136 valence electrons. The first kappa shape index (κ1) is 17.5. The number of carbonyl (C=O) groups is 2. The van der Waals surface area contributed by atoms with Crippen LogP contribution in [0, 0.1) is 5.92 Å². The molecule has 1 aliphatic heterocycles. The van der Waals surface area contributed by atoms with Crippen LogP contribution in [0.25, 0.3) is 0 Å². The zero-order valence-electron chi connectivity index (χ0n) is 14.8. The molecule has 25 heavy (non-hydrogen) atoms. The predicted molar refractivity (Wildman–Crippen MR) is 93.1 cm³/mol. The number of aromatic nitrogens is 1. The smallest absolute Gasteiger partial charge is 0.315 e. The van der Waals surface area contributed by atoms with E-state index in [1.807, 2.05) is 26.0 Å². The van der Waals surface area contributed by atoms with Crippen molar-refractivity contribution in [3.05, 3.63) is 23.9 Å². The summed E-state index contributed by atoms with van der Waals surface area (Å²) < 4.78 is 5.59. The zero-order chi connectivity index (χ0) is 17.8. The zero-order valence-corrected chi connectivity index (χ0v) is 14.8. The standard InChI is InChI=1S/C18H26N4O3/c1-12(2)22-10-15(7-17(22)23)21-18(24)20-9-14-5-6-16(19-8-14)25-11-13-3-4-13/h5-6,8,12-13,15H,3-4,7,9-11H2,1-2H3,(H2,20,21,24). The molecule has 7 nitrogen and oxygen atoms in total. The third kappa shape index (κ3) is 5.08. The van der Waals surface area contributed by atoms with Crippen LogP contribution in [0.15, 0.2) is 18.3 Å². The van der Waals surface area contributed by atoms with Crippen molar-refractivity contribution in [1.82, 2.24) is 20.5 Å². The van der Waals surface area contributed by atoms with Gasteiger partial charge in [-0.2, -0.15) is 0 Å². The lowest BCUT2D eigenvalue weighted by molar-refractivity contribution is -0.129. The van der Waals surface area contributed by atoms with Crippen molar-refractivity contribution < 1.29 is 14.3 Å². The largest absolute Gasteiger partial charge is 0.477 e. The van der Waals surface area contributed by atoms with Gasteiger partial charge in [-0.25, -0.2) is 9.78 Å². The Morgan fingerprint density at radius 3 is 2.80 bits per heavy atom. The minimum absolute atomic E-state index is 0.0892. The van der Waals surface area contributed by atoms with Gasteiger partial charge in [0.05, 0.1) is 12.6 Å². The molecule has 1 unspecified atom stereocenters. The number of nitrogens with zero attached hydrogens (tertiary/aromatic N) is 2. The van der Waals surface area contributed by atoms with E-state index in [4.69, 9.17) is 4.74 Å². The van der Waals surface area contributed by atoms with Crippen LogP contribution in [0.1, 0.15) is 38.7 Å². The van der Waals surface area contributed by atoms with E-state index in [1.165, 1.54) is 12.8 Å². The fraction of sp³-hybridized carbons (Fsp3) is 0.611. The second-order valence-corrected chi connectivity index (χ2v) is 7.13. The van der Waals surface area contributed by atoms with Crippen LogP contribution in [-0.4, -0.2) is 47.1 Å². The summed E-state index contributed by atoms with van der Waals surface area (Å²) in [5.41, 5.74) is 0.903. The maximum absolute atomic E-state index is 12.0. The van der Waals surface area contributed by atoms with Crippen molar-refractivity contribution in [3.63, 3.8) is 0 Å². The highest BCUT2D eigenvalue weighted by Gasteiger charge is 2.31. The molecule has 0 radical (unpaired) electrons. The molecule has 7 heteroatoms. The van der Waals surface area contributed by atoms with E-state index in [0.29, 0.717) is 31.3 Å². The molecule has 0 bridgehead atoms. The van der Waals surface area contributed by atoms with Gasteiger partial charge in [-0.15, -0.1) is 0 Å². The first-order valence-corrected chi connectivity index (χ1v) is 8.93. The Morgan fingerprint density at radius 1 is 1.40 bits per heavy atom. The number of urea groups is 1. The van der Waals surface area contributed by atoms with E-state index < -0.39 is 0 Å². The summed E-state index contributed by atoms with van der Waals surface area (Å²) in [4.78, 5) is 29.9. The first-order valence-electron chi connectivity index (χ1n) is 8.93. The molecule has 1 aromatic heterocycles. The van der Waals surface area contributed by atoms with E-state index in [9.17, 15) is 9.59 Å². The molecule has 2 N–H and O–H groups in total. The summed E-state index contributed by atoms with van der Waals surface area (Å²) in [6.07, 6.45) is 4.57. The molecule has 3 amide bonds. The third-order valence-corrected chi connectivity index (χ3v) is 4.53. The molecule has 3 rings (SSSR count). The average Bonchev–Trinajstić information content (AvgIpc) is 3.34. The van der Waals surface area contributed by atoms with Crippen LogP contribution in [-0.2, 0) is 11.3 Å². The molecule has 2 heterocycles. The minimum Gasteiger partial charge on any atom is -0.477 e. The molecule has 1 atom stereocenters. The average molecular weight is 346 g/mol. The number of nitrogens with one attached hydrogen (secondary N) is 2. The fourth-order valence-corrected chi connectivity index (χ4v) is 2.83. The van der Waals surface area contributed by atoms with E-state index in [2.05, 4.69) is 15.6 Å². The number of pyridine rings is 1. The van der Waals surface area contributed by atoms with Crippen molar-refractivity contribution in [3.8, 4) is 5.88 Å². The van der Waals surface area contributed by atoms with Crippen molar-refractivity contribution in [1.29, 1.82) is 0 Å². The molecule has 1 saturated carbocycles. The molecular formula is C18H26N4O3. The number of hydrogen-bond acceptors (Lipinski definition) is 4. The Balaban J connectivity index is 1.39. The van der Waals surface area contributed by atoms with Crippen molar-refractivity contribution >= 4 is 11.9 Å². The van der Waals surface area contributed by atoms with Crippen LogP contribution in [0.5, 0.6) is 5.88 Å². The predicted octanol–water partition coefficient (Wildman–Crippen LogP) is 1.68. The fourth-order valence-electron chi connectivity index (χ4n) is 2.83. The second kappa shape index (κ2) is 7.72. The highest BCUT2D eigenvalue weighted by atomic mass is 16.5. The van der Waals surface area contributed by atoms with E-state index in [-0.39, 0.29) is 24.0 Å². The molecule has 2 aliphatic rings. The summed E-state index contributed by atoms with van der Waals surface area (Å²) in [6.45, 7) is 5.64. The molecular weight excluding hydrogens is 320 g/mol. The third-order valence-electron chi connectivity index (χ3n) is 4.53. The van der Waals surface area contributed by atoms with Gasteiger partial charge in [-0.1, -0.05) is 6.07 Å². The van der Waals surface area contributed by atoms with Crippen molar-refractivity contribution in [2.24, 2.45) is 5.92 Å². The maximum Gasteiger partial charge on any atom is 0.315 e. The van der Waals surface area contributed by atoms with Gasteiger partial charge >= 0.3 is 6.03 Å².